The van der Waals surface area contributed by atoms with Gasteiger partial charge in [0.25, 0.3) is 0 Å². The van der Waals surface area contributed by atoms with E-state index in [2.05, 4.69) is 0 Å². The Morgan fingerprint density at radius 2 is 2.07 bits per heavy atom. The maximum Gasteiger partial charge on any atom is 0.184 e. The largest absolute Gasteiger partial charge is 0.386 e. The molecule has 1 fully saturated rings. The molecule has 4 heteroatoms. The summed E-state index contributed by atoms with van der Waals surface area (Å²) in [5.41, 5.74) is 1.10. The molecule has 15 heavy (non-hydrogen) atoms. The summed E-state index contributed by atoms with van der Waals surface area (Å²) in [5.74, 6) is -0.254. The fourth-order valence-corrected chi connectivity index (χ4v) is 1.79. The summed E-state index contributed by atoms with van der Waals surface area (Å²) in [6.07, 6.45) is 0.424. The van der Waals surface area contributed by atoms with Crippen LogP contribution in [0.2, 0.25) is 0 Å². The second-order valence-electron chi connectivity index (χ2n) is 4.21. The number of ketones is 1. The van der Waals surface area contributed by atoms with E-state index in [9.17, 15) is 15.0 Å². The Hall–Kier alpha value is -0.970. The van der Waals surface area contributed by atoms with E-state index >= 15 is 0 Å². The fraction of sp³-hybridized carbons (Fsp3) is 0.545. The highest BCUT2D eigenvalue weighted by Gasteiger charge is 2.53. The van der Waals surface area contributed by atoms with E-state index in [1.807, 2.05) is 0 Å². The van der Waals surface area contributed by atoms with Crippen LogP contribution in [0.25, 0.3) is 0 Å². The molecular formula is C11H14O4. The standard InChI is InChI=1S/C11H14O4/c1-5(2)3-7(12)6-4-8(13)10-11(15-10)9(6)14/h3-4,8-11,13-14H,1-2H3/t8-,9-,10+,11-/m1/s1. The summed E-state index contributed by atoms with van der Waals surface area (Å²) in [7, 11) is 0. The van der Waals surface area contributed by atoms with Crippen LogP contribution in [0.1, 0.15) is 13.8 Å². The average molecular weight is 210 g/mol. The molecule has 0 aromatic rings. The molecule has 1 heterocycles. The molecule has 4 nitrogen and oxygen atoms in total. The number of hydrogen-bond acceptors (Lipinski definition) is 4. The number of allylic oxidation sites excluding steroid dienone is 2. The van der Waals surface area contributed by atoms with Gasteiger partial charge in [-0.25, -0.2) is 0 Å². The summed E-state index contributed by atoms with van der Waals surface area (Å²) in [5, 5.41) is 19.2. The van der Waals surface area contributed by atoms with Gasteiger partial charge in [-0.15, -0.1) is 0 Å². The van der Waals surface area contributed by atoms with E-state index in [-0.39, 0.29) is 17.5 Å². The lowest BCUT2D eigenvalue weighted by Crippen LogP contribution is -2.33. The highest BCUT2D eigenvalue weighted by Crippen LogP contribution is 2.37. The molecule has 82 valence electrons. The molecule has 2 rings (SSSR count). The van der Waals surface area contributed by atoms with E-state index < -0.39 is 18.3 Å². The van der Waals surface area contributed by atoms with E-state index in [1.54, 1.807) is 13.8 Å². The van der Waals surface area contributed by atoms with Crippen molar-refractivity contribution in [3.63, 3.8) is 0 Å². The van der Waals surface area contributed by atoms with Crippen molar-refractivity contribution < 1.29 is 19.7 Å². The van der Waals surface area contributed by atoms with Crippen LogP contribution in [0, 0.1) is 0 Å². The first-order valence-electron chi connectivity index (χ1n) is 4.93. The quantitative estimate of drug-likeness (QED) is 0.495. The zero-order chi connectivity index (χ0) is 11.2. The van der Waals surface area contributed by atoms with E-state index in [0.717, 1.165) is 5.57 Å². The molecule has 1 aliphatic carbocycles. The fourth-order valence-electron chi connectivity index (χ4n) is 1.79. The first-order valence-corrected chi connectivity index (χ1v) is 4.93. The van der Waals surface area contributed by atoms with Crippen LogP contribution in [0.5, 0.6) is 0 Å². The highest BCUT2D eigenvalue weighted by atomic mass is 16.6. The van der Waals surface area contributed by atoms with Crippen molar-refractivity contribution in [3.05, 3.63) is 23.3 Å². The van der Waals surface area contributed by atoms with Crippen LogP contribution in [0.15, 0.2) is 23.3 Å². The number of ether oxygens (including phenoxy) is 1. The van der Waals surface area contributed by atoms with Crippen LogP contribution in [0.4, 0.5) is 0 Å². The number of aliphatic hydroxyl groups excluding tert-OH is 2. The van der Waals surface area contributed by atoms with Gasteiger partial charge in [-0.2, -0.15) is 0 Å². The Kier molecular flexibility index (Phi) is 2.50. The van der Waals surface area contributed by atoms with Crippen LogP contribution in [0.3, 0.4) is 0 Å². The zero-order valence-corrected chi connectivity index (χ0v) is 8.68. The predicted molar refractivity (Wildman–Crippen MR) is 53.2 cm³/mol. The van der Waals surface area contributed by atoms with E-state index in [0.29, 0.717) is 0 Å². The molecule has 2 N–H and O–H groups in total. The van der Waals surface area contributed by atoms with Crippen molar-refractivity contribution in [3.8, 4) is 0 Å². The van der Waals surface area contributed by atoms with Gasteiger partial charge in [-0.05, 0) is 26.0 Å². The summed E-state index contributed by atoms with van der Waals surface area (Å²) in [6, 6.07) is 0. The van der Waals surface area contributed by atoms with Crippen molar-refractivity contribution in [1.29, 1.82) is 0 Å². The Bertz CT molecular complexity index is 352. The average Bonchev–Trinajstić information content (AvgIpc) is 2.89. The summed E-state index contributed by atoms with van der Waals surface area (Å²) in [4.78, 5) is 11.7. The number of carbonyl (C=O) groups is 1. The third-order valence-corrected chi connectivity index (χ3v) is 2.58. The molecule has 0 saturated carbocycles. The maximum atomic E-state index is 11.7. The van der Waals surface area contributed by atoms with Crippen molar-refractivity contribution >= 4 is 5.78 Å². The first kappa shape index (κ1) is 10.5. The topological polar surface area (TPSA) is 70.1 Å². The number of aliphatic hydroxyl groups is 2. The Morgan fingerprint density at radius 3 is 2.67 bits per heavy atom. The Morgan fingerprint density at radius 1 is 1.40 bits per heavy atom. The highest BCUT2D eigenvalue weighted by molar-refractivity contribution is 6.05. The minimum Gasteiger partial charge on any atom is -0.386 e. The summed E-state index contributed by atoms with van der Waals surface area (Å²) in [6.45, 7) is 3.61. The molecule has 4 atom stereocenters. The smallest absolute Gasteiger partial charge is 0.184 e. The van der Waals surface area contributed by atoms with Gasteiger partial charge in [0, 0.05) is 5.57 Å². The SMILES string of the molecule is CC(C)=CC(=O)C1=C[C@@H](O)[C@@H]2O[C@@H]2[C@@H]1O. The second-order valence-corrected chi connectivity index (χ2v) is 4.21. The number of hydrogen-bond donors (Lipinski definition) is 2. The van der Waals surface area contributed by atoms with Crippen LogP contribution in [-0.4, -0.2) is 40.4 Å². The van der Waals surface area contributed by atoms with Crippen LogP contribution in [-0.2, 0) is 9.53 Å². The number of epoxide rings is 1. The van der Waals surface area contributed by atoms with Crippen LogP contribution < -0.4 is 0 Å². The number of carbonyl (C=O) groups excluding carboxylic acids is 1. The van der Waals surface area contributed by atoms with Gasteiger partial charge in [0.05, 0.1) is 0 Å². The van der Waals surface area contributed by atoms with Crippen molar-refractivity contribution in [1.82, 2.24) is 0 Å². The lowest BCUT2D eigenvalue weighted by atomic mass is 9.91. The number of rotatable bonds is 2. The zero-order valence-electron chi connectivity index (χ0n) is 8.68. The first-order chi connectivity index (χ1) is 7.00. The van der Waals surface area contributed by atoms with E-state index in [1.165, 1.54) is 12.2 Å². The predicted octanol–water partition coefficient (Wildman–Crippen LogP) is -0.0491. The molecule has 1 aliphatic heterocycles. The molecule has 0 spiro atoms. The van der Waals surface area contributed by atoms with Crippen molar-refractivity contribution in [2.45, 2.75) is 38.3 Å². The molecule has 2 aliphatic rings. The lowest BCUT2D eigenvalue weighted by Gasteiger charge is -2.17. The molecule has 1 saturated heterocycles. The van der Waals surface area contributed by atoms with Gasteiger partial charge >= 0.3 is 0 Å². The summed E-state index contributed by atoms with van der Waals surface area (Å²) < 4.78 is 5.06. The van der Waals surface area contributed by atoms with Crippen molar-refractivity contribution in [2.75, 3.05) is 0 Å². The second kappa shape index (κ2) is 3.56. The van der Waals surface area contributed by atoms with Crippen molar-refractivity contribution in [2.24, 2.45) is 0 Å². The molecule has 0 unspecified atom stereocenters. The maximum absolute atomic E-state index is 11.7. The third-order valence-electron chi connectivity index (χ3n) is 2.58. The molecule has 0 aromatic heterocycles. The normalized spacial score (nSPS) is 37.7. The minimum absolute atomic E-state index is 0.238. The van der Waals surface area contributed by atoms with Gasteiger partial charge in [-0.1, -0.05) is 5.57 Å². The minimum atomic E-state index is -0.901. The van der Waals surface area contributed by atoms with Crippen LogP contribution >= 0.6 is 0 Å². The van der Waals surface area contributed by atoms with Gasteiger partial charge in [-0.3, -0.25) is 4.79 Å². The third kappa shape index (κ3) is 1.88. The lowest BCUT2D eigenvalue weighted by molar-refractivity contribution is -0.112. The summed E-state index contributed by atoms with van der Waals surface area (Å²) >= 11 is 0. The molecule has 0 aromatic carbocycles. The van der Waals surface area contributed by atoms with Gasteiger partial charge in [0.2, 0.25) is 0 Å². The number of fused-ring (bicyclic) bond motifs is 1. The molecule has 0 bridgehead atoms. The molecule has 0 radical (unpaired) electrons. The molecule has 0 amide bonds. The Labute approximate surface area is 87.9 Å². The monoisotopic (exact) mass is 210 g/mol. The van der Waals surface area contributed by atoms with Gasteiger partial charge in [0.1, 0.15) is 24.4 Å². The van der Waals surface area contributed by atoms with Gasteiger partial charge in [0.15, 0.2) is 5.78 Å². The Balaban J connectivity index is 2.21. The van der Waals surface area contributed by atoms with Gasteiger partial charge < -0.3 is 14.9 Å². The molecular weight excluding hydrogens is 196 g/mol. The van der Waals surface area contributed by atoms with E-state index in [4.69, 9.17) is 4.74 Å².